The molecule has 3 heterocycles. The van der Waals surface area contributed by atoms with Crippen LogP contribution in [0.1, 0.15) is 36.0 Å². The van der Waals surface area contributed by atoms with E-state index in [4.69, 9.17) is 17.2 Å². The van der Waals surface area contributed by atoms with E-state index in [0.29, 0.717) is 16.7 Å². The topological polar surface area (TPSA) is 269 Å². The number of esters is 3. The molecule has 3 fully saturated rings. The first-order valence-electron chi connectivity index (χ1n) is 16.6. The summed E-state index contributed by atoms with van der Waals surface area (Å²) in [6, 6.07) is 1.88. The third kappa shape index (κ3) is 10.4. The van der Waals surface area contributed by atoms with Crippen LogP contribution >= 0.6 is 35.3 Å². The Morgan fingerprint density at radius 2 is 0.796 bits per heavy atom. The van der Waals surface area contributed by atoms with E-state index in [2.05, 4.69) is 14.2 Å². The van der Waals surface area contributed by atoms with Crippen LogP contribution in [-0.4, -0.2) is 141 Å². The van der Waals surface area contributed by atoms with Crippen molar-refractivity contribution in [3.63, 3.8) is 0 Å². The molecule has 3 unspecified atom stereocenters. The zero-order valence-electron chi connectivity index (χ0n) is 29.8. The summed E-state index contributed by atoms with van der Waals surface area (Å²) in [6.07, 6.45) is -0.390. The number of nitrogens with zero attached hydrogens (tertiary/aromatic N) is 3. The normalized spacial score (nSPS) is 21.9. The Kier molecular flexibility index (Phi) is 15.1. The molecule has 6 atom stereocenters. The van der Waals surface area contributed by atoms with Gasteiger partial charge in [-0.05, 0) is 16.7 Å². The average molecular weight is 811 g/mol. The van der Waals surface area contributed by atoms with Gasteiger partial charge in [-0.1, -0.05) is 18.2 Å². The first kappa shape index (κ1) is 42.7. The van der Waals surface area contributed by atoms with E-state index in [1.165, 1.54) is 21.3 Å². The van der Waals surface area contributed by atoms with E-state index in [1.807, 2.05) is 0 Å². The molecule has 6 amide bonds. The number of imide groups is 3. The van der Waals surface area contributed by atoms with Gasteiger partial charge in [0.25, 0.3) is 0 Å². The van der Waals surface area contributed by atoms with Crippen LogP contribution in [0.5, 0.6) is 0 Å². The van der Waals surface area contributed by atoms with E-state index < -0.39 is 87.2 Å². The molecular weight excluding hydrogens is 769 g/mol. The van der Waals surface area contributed by atoms with E-state index in [9.17, 15) is 43.2 Å². The van der Waals surface area contributed by atoms with E-state index in [1.54, 1.807) is 18.2 Å². The Hall–Kier alpha value is -4.02. The van der Waals surface area contributed by atoms with Crippen molar-refractivity contribution < 1.29 is 57.4 Å². The van der Waals surface area contributed by atoms with Crippen molar-refractivity contribution in [1.29, 1.82) is 0 Å². The third-order valence-electron chi connectivity index (χ3n) is 8.68. The summed E-state index contributed by atoms with van der Waals surface area (Å²) >= 11 is 3.17. The highest BCUT2D eigenvalue weighted by atomic mass is 32.2. The number of amides is 6. The zero-order chi connectivity index (χ0) is 39.9. The number of thioether (sulfide) groups is 3. The molecule has 3 aliphatic heterocycles. The summed E-state index contributed by atoms with van der Waals surface area (Å²) in [5.41, 5.74) is 18.7. The molecule has 1 aromatic rings. The van der Waals surface area contributed by atoms with Crippen LogP contribution in [-0.2, 0) is 77.0 Å². The number of methoxy groups -OCH3 is 3. The van der Waals surface area contributed by atoms with E-state index in [0.717, 1.165) is 50.0 Å². The fraction of sp³-hybridized carbons (Fsp3) is 0.545. The number of carbonyl (C=O) groups excluding carboxylic acids is 9. The largest absolute Gasteiger partial charge is 0.468 e. The number of likely N-dealkylation sites (tertiary alicyclic amines) is 3. The molecule has 294 valence electrons. The van der Waals surface area contributed by atoms with E-state index in [-0.39, 0.29) is 56.2 Å². The van der Waals surface area contributed by atoms with Gasteiger partial charge in [-0.2, -0.15) is 0 Å². The molecule has 18 nitrogen and oxygen atoms in total. The summed E-state index contributed by atoms with van der Waals surface area (Å²) in [6.45, 7) is -0.595. The number of nitrogens with two attached hydrogens (primary N) is 3. The van der Waals surface area contributed by atoms with Gasteiger partial charge in [0, 0.05) is 36.5 Å². The number of benzene rings is 1. The molecular formula is C33H42N6O12S3. The summed E-state index contributed by atoms with van der Waals surface area (Å²) in [4.78, 5) is 117. The lowest BCUT2D eigenvalue weighted by molar-refractivity contribution is -0.142. The highest BCUT2D eigenvalue weighted by Crippen LogP contribution is 2.31. The van der Waals surface area contributed by atoms with Gasteiger partial charge in [-0.25, -0.2) is 0 Å². The van der Waals surface area contributed by atoms with Gasteiger partial charge in [0.15, 0.2) is 0 Å². The highest BCUT2D eigenvalue weighted by molar-refractivity contribution is 8.01. The minimum atomic E-state index is -0.992. The second-order valence-electron chi connectivity index (χ2n) is 12.6. The molecule has 6 N–H and O–H groups in total. The van der Waals surface area contributed by atoms with Crippen molar-refractivity contribution in [2.45, 2.75) is 72.8 Å². The summed E-state index contributed by atoms with van der Waals surface area (Å²) < 4.78 is 13.9. The van der Waals surface area contributed by atoms with Gasteiger partial charge in [-0.15, -0.1) is 35.3 Å². The highest BCUT2D eigenvalue weighted by Gasteiger charge is 2.42. The van der Waals surface area contributed by atoms with Gasteiger partial charge >= 0.3 is 17.9 Å². The molecule has 0 aromatic heterocycles. The molecule has 0 aliphatic carbocycles. The van der Waals surface area contributed by atoms with Crippen LogP contribution in [0.3, 0.4) is 0 Å². The van der Waals surface area contributed by atoms with Gasteiger partial charge < -0.3 is 31.4 Å². The first-order chi connectivity index (χ1) is 25.6. The number of carbonyl (C=O) groups is 9. The maximum atomic E-state index is 13.3. The van der Waals surface area contributed by atoms with Gasteiger partial charge in [0.2, 0.25) is 35.4 Å². The molecule has 54 heavy (non-hydrogen) atoms. The van der Waals surface area contributed by atoms with Gasteiger partial charge in [0.1, 0.15) is 18.1 Å². The maximum Gasteiger partial charge on any atom is 0.323 e. The molecule has 1 aromatic carbocycles. The van der Waals surface area contributed by atoms with Crippen LogP contribution in [0.4, 0.5) is 0 Å². The Labute approximate surface area is 323 Å². The van der Waals surface area contributed by atoms with Crippen molar-refractivity contribution >= 4 is 88.6 Å². The molecule has 4 rings (SSSR count). The van der Waals surface area contributed by atoms with Crippen molar-refractivity contribution in [3.05, 3.63) is 34.9 Å². The Bertz CT molecular complexity index is 1490. The van der Waals surface area contributed by atoms with Crippen LogP contribution in [0, 0.1) is 0 Å². The lowest BCUT2D eigenvalue weighted by Crippen LogP contribution is -2.36. The lowest BCUT2D eigenvalue weighted by atomic mass is 10.0. The molecule has 3 aliphatic rings. The lowest BCUT2D eigenvalue weighted by Gasteiger charge is -2.21. The minimum Gasteiger partial charge on any atom is -0.468 e. The SMILES string of the molecule is COC(=O)[C@@H](N)CSC1CC(=O)N(Cc2cc(CN3C(=O)CC(SC[C@H](N)C(=O)OC)C3=O)cc(CN3C(=O)CC(SC[C@H](N)C(=O)OC)C3=O)c2)C1=O. The molecule has 21 heteroatoms. The molecule has 3 saturated heterocycles. The quantitative estimate of drug-likeness (QED) is 0.0844. The number of ether oxygens (including phenoxy) is 3. The van der Waals surface area contributed by atoms with Crippen LogP contribution < -0.4 is 17.2 Å². The standard InChI is InChI=1S/C33H42N6O12S3/c1-49-31(46)19(34)13-52-22-7-25(40)37(28(22)43)10-16-4-17(11-38-26(41)8-23(29(38)44)53-14-20(35)32(47)50-2)6-18(5-16)12-39-27(42)9-24(30(39)45)54-15-21(36)33(48)51-3/h4-6,19-24H,7-15,34-36H2,1-3H3/t19-,20-,21-,22?,23?,24?/m0/s1. The van der Waals surface area contributed by atoms with Gasteiger partial charge in [0.05, 0.1) is 56.7 Å². The fourth-order valence-corrected chi connectivity index (χ4v) is 9.14. The second-order valence-corrected chi connectivity index (χ2v) is 16.3. The van der Waals surface area contributed by atoms with Crippen molar-refractivity contribution in [1.82, 2.24) is 14.7 Å². The zero-order valence-corrected chi connectivity index (χ0v) is 32.2. The molecule has 0 spiro atoms. The predicted molar refractivity (Wildman–Crippen MR) is 196 cm³/mol. The van der Waals surface area contributed by atoms with Crippen molar-refractivity contribution in [2.24, 2.45) is 17.2 Å². The number of hydrogen-bond acceptors (Lipinski definition) is 18. The van der Waals surface area contributed by atoms with Gasteiger partial charge in [-0.3, -0.25) is 57.9 Å². The fourth-order valence-electron chi connectivity index (χ4n) is 5.83. The van der Waals surface area contributed by atoms with E-state index >= 15 is 0 Å². The van der Waals surface area contributed by atoms with Crippen molar-refractivity contribution in [2.75, 3.05) is 38.6 Å². The monoisotopic (exact) mass is 810 g/mol. The van der Waals surface area contributed by atoms with Crippen molar-refractivity contribution in [3.8, 4) is 0 Å². The predicted octanol–water partition coefficient (Wildman–Crippen LogP) is -1.73. The third-order valence-corrected chi connectivity index (χ3v) is 12.7. The van der Waals surface area contributed by atoms with Crippen LogP contribution in [0.15, 0.2) is 18.2 Å². The minimum absolute atomic E-state index is 0.0431. The Morgan fingerprint density at radius 3 is 1.02 bits per heavy atom. The number of hydrogen-bond donors (Lipinski definition) is 3. The second kappa shape index (κ2) is 19.0. The number of rotatable bonds is 18. The Morgan fingerprint density at radius 1 is 0.556 bits per heavy atom. The first-order valence-corrected chi connectivity index (χ1v) is 19.7. The van der Waals surface area contributed by atoms with Crippen LogP contribution in [0.25, 0.3) is 0 Å². The summed E-state index contributed by atoms with van der Waals surface area (Å²) in [7, 11) is 3.57. The Balaban J connectivity index is 1.55. The average Bonchev–Trinajstić information content (AvgIpc) is 3.69. The maximum absolute atomic E-state index is 13.3. The molecule has 0 saturated carbocycles. The summed E-state index contributed by atoms with van der Waals surface area (Å²) in [5, 5.41) is -2.38. The molecule has 0 radical (unpaired) electrons. The van der Waals surface area contributed by atoms with Crippen LogP contribution in [0.2, 0.25) is 0 Å². The molecule has 0 bridgehead atoms. The summed E-state index contributed by atoms with van der Waals surface area (Å²) in [5.74, 6) is -4.76. The smallest absolute Gasteiger partial charge is 0.323 e.